The molecule has 0 aliphatic carbocycles. The molecule has 0 radical (unpaired) electrons. The average molecular weight is 340 g/mol. The van der Waals surface area contributed by atoms with E-state index < -0.39 is 11.9 Å². The van der Waals surface area contributed by atoms with Gasteiger partial charge >= 0.3 is 0 Å². The van der Waals surface area contributed by atoms with Gasteiger partial charge in [-0.15, -0.1) is 0 Å². The SMILES string of the molecule is COc1ccncc1-c1cccnc1Oc1ccc(C(C)O)c(F)c1. The van der Waals surface area contributed by atoms with Crippen LogP contribution in [0.5, 0.6) is 17.4 Å². The van der Waals surface area contributed by atoms with Crippen LogP contribution in [-0.4, -0.2) is 22.2 Å². The molecule has 0 aliphatic heterocycles. The van der Waals surface area contributed by atoms with E-state index in [1.54, 1.807) is 43.9 Å². The highest BCUT2D eigenvalue weighted by molar-refractivity contribution is 5.73. The lowest BCUT2D eigenvalue weighted by Crippen LogP contribution is -1.98. The van der Waals surface area contributed by atoms with Crippen LogP contribution in [0, 0.1) is 5.82 Å². The van der Waals surface area contributed by atoms with Gasteiger partial charge in [-0.1, -0.05) is 0 Å². The topological polar surface area (TPSA) is 64.5 Å². The maximum absolute atomic E-state index is 14.1. The second-order valence-corrected chi connectivity index (χ2v) is 5.39. The summed E-state index contributed by atoms with van der Waals surface area (Å²) in [5.74, 6) is 0.676. The number of aromatic nitrogens is 2. The number of hydrogen-bond donors (Lipinski definition) is 1. The number of aliphatic hydroxyl groups is 1. The van der Waals surface area contributed by atoms with Gasteiger partial charge in [-0.05, 0) is 37.3 Å². The lowest BCUT2D eigenvalue weighted by Gasteiger charge is -2.13. The predicted molar refractivity (Wildman–Crippen MR) is 91.1 cm³/mol. The minimum atomic E-state index is -0.890. The molecule has 1 aromatic carbocycles. The Morgan fingerprint density at radius 3 is 2.68 bits per heavy atom. The molecule has 6 heteroatoms. The molecular formula is C19H17FN2O3. The molecule has 0 bridgehead atoms. The monoisotopic (exact) mass is 340 g/mol. The third-order valence-corrected chi connectivity index (χ3v) is 3.70. The summed E-state index contributed by atoms with van der Waals surface area (Å²) >= 11 is 0. The van der Waals surface area contributed by atoms with Gasteiger partial charge in [0, 0.05) is 41.3 Å². The van der Waals surface area contributed by atoms with Crippen molar-refractivity contribution >= 4 is 0 Å². The Labute approximate surface area is 144 Å². The number of benzene rings is 1. The second kappa shape index (κ2) is 7.27. The van der Waals surface area contributed by atoms with Gasteiger partial charge in [0.25, 0.3) is 0 Å². The molecule has 128 valence electrons. The molecule has 0 saturated carbocycles. The van der Waals surface area contributed by atoms with Crippen LogP contribution in [0.2, 0.25) is 0 Å². The molecule has 1 unspecified atom stereocenters. The minimum absolute atomic E-state index is 0.211. The van der Waals surface area contributed by atoms with Gasteiger partial charge in [0.2, 0.25) is 5.88 Å². The van der Waals surface area contributed by atoms with Crippen LogP contribution in [0.4, 0.5) is 4.39 Å². The zero-order valence-corrected chi connectivity index (χ0v) is 13.8. The molecule has 25 heavy (non-hydrogen) atoms. The summed E-state index contributed by atoms with van der Waals surface area (Å²) < 4.78 is 25.2. The van der Waals surface area contributed by atoms with Crippen molar-refractivity contribution in [3.63, 3.8) is 0 Å². The van der Waals surface area contributed by atoms with Crippen LogP contribution in [0.15, 0.2) is 55.0 Å². The summed E-state index contributed by atoms with van der Waals surface area (Å²) in [7, 11) is 1.57. The number of hydrogen-bond acceptors (Lipinski definition) is 5. The number of halogens is 1. The first kappa shape index (κ1) is 16.9. The standard InChI is InChI=1S/C19H17FN2O3/c1-12(23)14-6-5-13(10-17(14)20)25-19-15(4-3-8-22-19)16-11-21-9-7-18(16)24-2/h3-12,23H,1-2H3. The van der Waals surface area contributed by atoms with Crippen molar-refractivity contribution < 1.29 is 19.0 Å². The Balaban J connectivity index is 1.98. The summed E-state index contributed by atoms with van der Waals surface area (Å²) in [6, 6.07) is 9.63. The number of pyridine rings is 2. The van der Waals surface area contributed by atoms with Crippen LogP contribution < -0.4 is 9.47 Å². The van der Waals surface area contributed by atoms with Crippen LogP contribution in [-0.2, 0) is 0 Å². The normalized spacial score (nSPS) is 11.8. The largest absolute Gasteiger partial charge is 0.496 e. The number of aliphatic hydroxyl groups excluding tert-OH is 1. The summed E-state index contributed by atoms with van der Waals surface area (Å²) in [6.07, 6.45) is 3.98. The Bertz CT molecular complexity index is 884. The van der Waals surface area contributed by atoms with Crippen LogP contribution in [0.25, 0.3) is 11.1 Å². The summed E-state index contributed by atoms with van der Waals surface area (Å²) in [5.41, 5.74) is 1.60. The van der Waals surface area contributed by atoms with Gasteiger partial charge in [-0.2, -0.15) is 0 Å². The van der Waals surface area contributed by atoms with Gasteiger partial charge in [0.1, 0.15) is 17.3 Å². The Kier molecular flexibility index (Phi) is 4.90. The molecular weight excluding hydrogens is 323 g/mol. The molecule has 1 N–H and O–H groups in total. The molecule has 3 aromatic rings. The highest BCUT2D eigenvalue weighted by Gasteiger charge is 2.15. The van der Waals surface area contributed by atoms with Gasteiger partial charge in [0.05, 0.1) is 13.2 Å². The van der Waals surface area contributed by atoms with Crippen molar-refractivity contribution in [3.05, 3.63) is 66.4 Å². The zero-order chi connectivity index (χ0) is 17.8. The van der Waals surface area contributed by atoms with Crippen LogP contribution >= 0.6 is 0 Å². The smallest absolute Gasteiger partial charge is 0.227 e. The molecule has 5 nitrogen and oxygen atoms in total. The molecule has 1 atom stereocenters. The van der Waals surface area contributed by atoms with Crippen molar-refractivity contribution in [2.75, 3.05) is 7.11 Å². The summed E-state index contributed by atoms with van der Waals surface area (Å²) in [5, 5.41) is 9.52. The third kappa shape index (κ3) is 3.59. The zero-order valence-electron chi connectivity index (χ0n) is 13.8. The maximum Gasteiger partial charge on any atom is 0.227 e. The Morgan fingerprint density at radius 2 is 1.96 bits per heavy atom. The fraction of sp³-hybridized carbons (Fsp3) is 0.158. The molecule has 0 saturated heterocycles. The van der Waals surface area contributed by atoms with Crippen LogP contribution in [0.1, 0.15) is 18.6 Å². The number of rotatable bonds is 5. The highest BCUT2D eigenvalue weighted by Crippen LogP contribution is 2.36. The lowest BCUT2D eigenvalue weighted by atomic mass is 10.1. The van der Waals surface area contributed by atoms with E-state index in [9.17, 15) is 9.50 Å². The first-order valence-corrected chi connectivity index (χ1v) is 7.69. The van der Waals surface area contributed by atoms with E-state index in [0.29, 0.717) is 22.8 Å². The van der Waals surface area contributed by atoms with Gasteiger partial charge in [-0.3, -0.25) is 4.98 Å². The van der Waals surface area contributed by atoms with E-state index in [0.717, 1.165) is 0 Å². The van der Waals surface area contributed by atoms with Crippen molar-refractivity contribution in [1.29, 1.82) is 0 Å². The molecule has 0 aliphatic rings. The van der Waals surface area contributed by atoms with E-state index in [1.807, 2.05) is 6.07 Å². The maximum atomic E-state index is 14.1. The number of methoxy groups -OCH3 is 1. The second-order valence-electron chi connectivity index (χ2n) is 5.39. The number of nitrogens with zero attached hydrogens (tertiary/aromatic N) is 2. The summed E-state index contributed by atoms with van der Waals surface area (Å²) in [6.45, 7) is 1.50. The fourth-order valence-corrected chi connectivity index (χ4v) is 2.46. The highest BCUT2D eigenvalue weighted by atomic mass is 19.1. The number of ether oxygens (including phenoxy) is 2. The molecule has 2 heterocycles. The van der Waals surface area contributed by atoms with E-state index in [-0.39, 0.29) is 11.3 Å². The Morgan fingerprint density at radius 1 is 1.12 bits per heavy atom. The Hall–Kier alpha value is -2.99. The lowest BCUT2D eigenvalue weighted by molar-refractivity contribution is 0.194. The first-order valence-electron chi connectivity index (χ1n) is 7.69. The van der Waals surface area contributed by atoms with Crippen LogP contribution in [0.3, 0.4) is 0 Å². The average Bonchev–Trinajstić information content (AvgIpc) is 2.62. The molecule has 3 rings (SSSR count). The van der Waals surface area contributed by atoms with E-state index in [2.05, 4.69) is 9.97 Å². The predicted octanol–water partition coefficient (Wildman–Crippen LogP) is 4.14. The molecule has 0 spiro atoms. The van der Waals surface area contributed by atoms with E-state index in [4.69, 9.17) is 9.47 Å². The van der Waals surface area contributed by atoms with E-state index >= 15 is 0 Å². The molecule has 0 fully saturated rings. The van der Waals surface area contributed by atoms with Crippen molar-refractivity contribution in [1.82, 2.24) is 9.97 Å². The molecule has 0 amide bonds. The third-order valence-electron chi connectivity index (χ3n) is 3.70. The van der Waals surface area contributed by atoms with Crippen molar-refractivity contribution in [3.8, 4) is 28.5 Å². The van der Waals surface area contributed by atoms with E-state index in [1.165, 1.54) is 19.1 Å². The van der Waals surface area contributed by atoms with Gasteiger partial charge in [-0.25, -0.2) is 9.37 Å². The van der Waals surface area contributed by atoms with Crippen molar-refractivity contribution in [2.45, 2.75) is 13.0 Å². The quantitative estimate of drug-likeness (QED) is 0.756. The molecule has 2 aromatic heterocycles. The van der Waals surface area contributed by atoms with Crippen molar-refractivity contribution in [2.24, 2.45) is 0 Å². The van der Waals surface area contributed by atoms with Gasteiger partial charge < -0.3 is 14.6 Å². The minimum Gasteiger partial charge on any atom is -0.496 e. The summed E-state index contributed by atoms with van der Waals surface area (Å²) in [4.78, 5) is 8.35. The fourth-order valence-electron chi connectivity index (χ4n) is 2.46. The first-order chi connectivity index (χ1) is 12.1. The van der Waals surface area contributed by atoms with Gasteiger partial charge in [0.15, 0.2) is 0 Å².